The third kappa shape index (κ3) is 1.85. The Morgan fingerprint density at radius 3 is 2.71 bits per heavy atom. The highest BCUT2D eigenvalue weighted by Crippen LogP contribution is 2.56. The van der Waals surface area contributed by atoms with Gasteiger partial charge in [-0.1, -0.05) is 35.9 Å². The molecule has 0 radical (unpaired) electrons. The number of anilines is 1. The van der Waals surface area contributed by atoms with Gasteiger partial charge in [0.05, 0.1) is 18.1 Å². The van der Waals surface area contributed by atoms with Crippen molar-refractivity contribution in [3.63, 3.8) is 0 Å². The van der Waals surface area contributed by atoms with Crippen molar-refractivity contribution in [3.05, 3.63) is 54.6 Å². The van der Waals surface area contributed by atoms with Gasteiger partial charge in [0.1, 0.15) is 11.5 Å². The maximum Gasteiger partial charge on any atom is 0.310 e. The Kier molecular flexibility index (Phi) is 3.18. The van der Waals surface area contributed by atoms with Crippen LogP contribution in [0, 0.1) is 11.8 Å². The zero-order valence-electron chi connectivity index (χ0n) is 13.4. The summed E-state index contributed by atoms with van der Waals surface area (Å²) in [5.74, 6) is -2.67. The fraction of sp³-hybridized carbons (Fsp3) is 0.368. The van der Waals surface area contributed by atoms with Gasteiger partial charge in [-0.05, 0) is 25.5 Å². The molecular formula is C19H19NO4. The number of carbonyl (C=O) groups excluding carboxylic acids is 1. The summed E-state index contributed by atoms with van der Waals surface area (Å²) in [4.78, 5) is 26.7. The smallest absolute Gasteiger partial charge is 0.310 e. The van der Waals surface area contributed by atoms with E-state index in [1.165, 1.54) is 0 Å². The average molecular weight is 325 g/mol. The van der Waals surface area contributed by atoms with Crippen LogP contribution in [0.15, 0.2) is 54.6 Å². The van der Waals surface area contributed by atoms with Crippen LogP contribution in [0.4, 0.5) is 5.69 Å². The SMILES string of the molecule is C=C(C)C[C@H]1N(c2ccccc2)C(=O)[C@@H]2[C@@H](C(=O)O)[C@@H]3C=C[C@]21O3. The molecule has 5 heteroatoms. The molecule has 124 valence electrons. The van der Waals surface area contributed by atoms with E-state index in [0.717, 1.165) is 11.3 Å². The van der Waals surface area contributed by atoms with E-state index < -0.39 is 29.5 Å². The normalized spacial score (nSPS) is 36.2. The van der Waals surface area contributed by atoms with Crippen LogP contribution in [0.2, 0.25) is 0 Å². The predicted molar refractivity (Wildman–Crippen MR) is 88.5 cm³/mol. The number of ether oxygens (including phenoxy) is 1. The van der Waals surface area contributed by atoms with E-state index in [4.69, 9.17) is 4.74 Å². The van der Waals surface area contributed by atoms with Crippen LogP contribution in [0.25, 0.3) is 0 Å². The molecule has 5 atom stereocenters. The molecule has 0 aliphatic carbocycles. The minimum absolute atomic E-state index is 0.174. The number of para-hydroxylation sites is 1. The minimum atomic E-state index is -0.978. The van der Waals surface area contributed by atoms with Gasteiger partial charge >= 0.3 is 5.97 Å². The summed E-state index contributed by atoms with van der Waals surface area (Å²) >= 11 is 0. The van der Waals surface area contributed by atoms with Crippen LogP contribution in [0.3, 0.4) is 0 Å². The van der Waals surface area contributed by atoms with Crippen molar-refractivity contribution >= 4 is 17.6 Å². The Balaban J connectivity index is 1.85. The molecule has 2 bridgehead atoms. The van der Waals surface area contributed by atoms with Gasteiger partial charge in [-0.2, -0.15) is 0 Å². The van der Waals surface area contributed by atoms with Crippen molar-refractivity contribution in [3.8, 4) is 0 Å². The fourth-order valence-corrected chi connectivity index (χ4v) is 4.41. The molecule has 0 saturated carbocycles. The quantitative estimate of drug-likeness (QED) is 0.863. The fourth-order valence-electron chi connectivity index (χ4n) is 4.41. The maximum atomic E-state index is 13.2. The number of carboxylic acid groups (broad SMARTS) is 1. The molecule has 3 aliphatic heterocycles. The number of hydrogen-bond acceptors (Lipinski definition) is 3. The van der Waals surface area contributed by atoms with E-state index in [0.29, 0.717) is 6.42 Å². The van der Waals surface area contributed by atoms with Gasteiger partial charge < -0.3 is 14.7 Å². The van der Waals surface area contributed by atoms with Crippen LogP contribution < -0.4 is 4.90 Å². The third-order valence-corrected chi connectivity index (χ3v) is 5.28. The molecule has 2 fully saturated rings. The molecule has 1 N–H and O–H groups in total. The van der Waals surface area contributed by atoms with Crippen molar-refractivity contribution < 1.29 is 19.4 Å². The number of rotatable bonds is 4. The summed E-state index contributed by atoms with van der Waals surface area (Å²) in [6, 6.07) is 9.09. The lowest BCUT2D eigenvalue weighted by molar-refractivity contribution is -0.146. The summed E-state index contributed by atoms with van der Waals surface area (Å²) < 4.78 is 6.10. The van der Waals surface area contributed by atoms with Crippen LogP contribution in [-0.2, 0) is 14.3 Å². The minimum Gasteiger partial charge on any atom is -0.481 e. The monoisotopic (exact) mass is 325 g/mol. The molecule has 1 amide bonds. The first-order valence-electron chi connectivity index (χ1n) is 8.08. The number of aliphatic carboxylic acids is 1. The van der Waals surface area contributed by atoms with Gasteiger partial charge in [0.15, 0.2) is 0 Å². The number of benzene rings is 1. The summed E-state index contributed by atoms with van der Waals surface area (Å²) in [5.41, 5.74) is 0.824. The lowest BCUT2D eigenvalue weighted by Crippen LogP contribution is -2.45. The van der Waals surface area contributed by atoms with Gasteiger partial charge in [-0.3, -0.25) is 9.59 Å². The van der Waals surface area contributed by atoms with Crippen molar-refractivity contribution in [2.75, 3.05) is 4.90 Å². The van der Waals surface area contributed by atoms with E-state index in [1.54, 1.807) is 11.0 Å². The number of hydrogen-bond donors (Lipinski definition) is 1. The van der Waals surface area contributed by atoms with E-state index in [9.17, 15) is 14.7 Å². The molecule has 24 heavy (non-hydrogen) atoms. The zero-order valence-corrected chi connectivity index (χ0v) is 13.4. The van der Waals surface area contributed by atoms with Gasteiger partial charge in [-0.25, -0.2) is 0 Å². The average Bonchev–Trinajstić information content (AvgIpc) is 3.17. The lowest BCUT2D eigenvalue weighted by atomic mass is 9.74. The Bertz CT molecular complexity index is 756. The number of amides is 1. The number of carbonyl (C=O) groups is 2. The molecule has 1 spiro atoms. The molecule has 1 aromatic carbocycles. The first kappa shape index (κ1) is 15.1. The maximum absolute atomic E-state index is 13.2. The van der Waals surface area contributed by atoms with Gasteiger partial charge in [0.25, 0.3) is 0 Å². The van der Waals surface area contributed by atoms with Crippen molar-refractivity contribution in [1.29, 1.82) is 0 Å². The molecule has 0 aromatic heterocycles. The molecule has 5 nitrogen and oxygen atoms in total. The highest BCUT2D eigenvalue weighted by molar-refractivity contribution is 6.03. The highest BCUT2D eigenvalue weighted by atomic mass is 16.5. The molecule has 1 aromatic rings. The number of carboxylic acids is 1. The van der Waals surface area contributed by atoms with Crippen LogP contribution in [0.1, 0.15) is 13.3 Å². The Labute approximate surface area is 140 Å². The molecule has 3 aliphatic rings. The summed E-state index contributed by atoms with van der Waals surface area (Å²) in [6.07, 6.45) is 3.74. The second kappa shape index (κ2) is 5.05. The molecule has 2 saturated heterocycles. The van der Waals surface area contributed by atoms with E-state index in [-0.39, 0.29) is 11.9 Å². The highest BCUT2D eigenvalue weighted by Gasteiger charge is 2.71. The second-order valence-electron chi connectivity index (χ2n) is 6.86. The van der Waals surface area contributed by atoms with Crippen LogP contribution >= 0.6 is 0 Å². The molecule has 0 unspecified atom stereocenters. The summed E-state index contributed by atoms with van der Waals surface area (Å²) in [5, 5.41) is 9.62. The number of nitrogens with zero attached hydrogens (tertiary/aromatic N) is 1. The van der Waals surface area contributed by atoms with E-state index >= 15 is 0 Å². The van der Waals surface area contributed by atoms with Gasteiger partial charge in [0.2, 0.25) is 5.91 Å². The Morgan fingerprint density at radius 2 is 2.08 bits per heavy atom. The van der Waals surface area contributed by atoms with E-state index in [1.807, 2.05) is 43.3 Å². The topological polar surface area (TPSA) is 66.8 Å². The first-order chi connectivity index (χ1) is 11.5. The van der Waals surface area contributed by atoms with Crippen molar-refractivity contribution in [1.82, 2.24) is 0 Å². The summed E-state index contributed by atoms with van der Waals surface area (Å²) in [7, 11) is 0. The van der Waals surface area contributed by atoms with Gasteiger partial charge in [0, 0.05) is 5.69 Å². The second-order valence-corrected chi connectivity index (χ2v) is 6.86. The molecule has 4 rings (SSSR count). The van der Waals surface area contributed by atoms with Gasteiger partial charge in [-0.15, -0.1) is 6.58 Å². The standard InChI is InChI=1S/C19H19NO4/c1-11(2)10-14-19-9-8-13(24-19)15(18(22)23)16(19)17(21)20(14)12-6-4-3-5-7-12/h3-9,13-16H,1,10H2,2H3,(H,22,23)/t13-,14+,15-,16-,19+/m0/s1. The van der Waals surface area contributed by atoms with Crippen LogP contribution in [-0.4, -0.2) is 34.7 Å². The van der Waals surface area contributed by atoms with E-state index in [2.05, 4.69) is 6.58 Å². The lowest BCUT2D eigenvalue weighted by Gasteiger charge is -2.33. The molecular weight excluding hydrogens is 306 g/mol. The predicted octanol–water partition coefficient (Wildman–Crippen LogP) is 2.39. The summed E-state index contributed by atoms with van der Waals surface area (Å²) in [6.45, 7) is 5.90. The number of fused-ring (bicyclic) bond motifs is 1. The zero-order chi connectivity index (χ0) is 17.1. The largest absolute Gasteiger partial charge is 0.481 e. The van der Waals surface area contributed by atoms with Crippen LogP contribution in [0.5, 0.6) is 0 Å². The van der Waals surface area contributed by atoms with Crippen molar-refractivity contribution in [2.45, 2.75) is 31.1 Å². The Hall–Kier alpha value is -2.40. The van der Waals surface area contributed by atoms with Crippen molar-refractivity contribution in [2.24, 2.45) is 11.8 Å². The third-order valence-electron chi connectivity index (χ3n) is 5.28. The molecule has 3 heterocycles. The first-order valence-corrected chi connectivity index (χ1v) is 8.08. The Morgan fingerprint density at radius 1 is 1.38 bits per heavy atom.